The predicted molar refractivity (Wildman–Crippen MR) is 75.7 cm³/mol. The number of nitrogens with zero attached hydrogens (tertiary/aromatic N) is 1. The van der Waals surface area contributed by atoms with Crippen LogP contribution in [0.3, 0.4) is 0 Å². The van der Waals surface area contributed by atoms with Crippen molar-refractivity contribution in [3.8, 4) is 0 Å². The third kappa shape index (κ3) is 3.34. The van der Waals surface area contributed by atoms with Crippen LogP contribution in [0.25, 0.3) is 0 Å². The first kappa shape index (κ1) is 13.1. The van der Waals surface area contributed by atoms with E-state index in [4.69, 9.17) is 0 Å². The summed E-state index contributed by atoms with van der Waals surface area (Å²) in [6, 6.07) is 10.0. The third-order valence-corrected chi connectivity index (χ3v) is 3.87. The molecule has 2 rings (SSSR count). The zero-order valence-electron chi connectivity index (χ0n) is 11.3. The molecule has 0 saturated heterocycles. The van der Waals surface area contributed by atoms with Crippen molar-refractivity contribution in [2.24, 2.45) is 5.92 Å². The van der Waals surface area contributed by atoms with Gasteiger partial charge in [0, 0.05) is 18.7 Å². The highest BCUT2D eigenvalue weighted by atomic mass is 16.2. The number of carbonyl (C=O) groups excluding carboxylic acids is 1. The van der Waals surface area contributed by atoms with Gasteiger partial charge in [-0.3, -0.25) is 4.79 Å². The second kappa shape index (κ2) is 6.58. The first-order chi connectivity index (χ1) is 8.81. The van der Waals surface area contributed by atoms with Crippen molar-refractivity contribution < 1.29 is 4.79 Å². The van der Waals surface area contributed by atoms with Crippen LogP contribution in [-0.4, -0.2) is 12.5 Å². The maximum Gasteiger partial charge on any atom is 0.227 e. The van der Waals surface area contributed by atoms with E-state index in [1.165, 1.54) is 32.1 Å². The van der Waals surface area contributed by atoms with E-state index in [1.54, 1.807) is 0 Å². The van der Waals surface area contributed by atoms with E-state index in [0.717, 1.165) is 18.7 Å². The number of benzene rings is 1. The van der Waals surface area contributed by atoms with Gasteiger partial charge >= 0.3 is 0 Å². The summed E-state index contributed by atoms with van der Waals surface area (Å²) in [5.74, 6) is 0.902. The molecule has 1 fully saturated rings. The van der Waals surface area contributed by atoms with E-state index < -0.39 is 0 Å². The predicted octanol–water partition coefficient (Wildman–Crippen LogP) is 4.01. The summed E-state index contributed by atoms with van der Waals surface area (Å²) in [6.07, 6.45) is 7.14. The van der Waals surface area contributed by atoms with Gasteiger partial charge < -0.3 is 4.90 Å². The molecule has 1 aromatic carbocycles. The van der Waals surface area contributed by atoms with Crippen molar-refractivity contribution in [3.05, 3.63) is 30.3 Å². The fourth-order valence-electron chi connectivity index (χ4n) is 2.86. The molecule has 0 bridgehead atoms. The maximum absolute atomic E-state index is 12.4. The third-order valence-electron chi connectivity index (χ3n) is 3.87. The number of carbonyl (C=O) groups is 1. The van der Waals surface area contributed by atoms with E-state index in [0.29, 0.717) is 5.92 Å². The average molecular weight is 245 g/mol. The lowest BCUT2D eigenvalue weighted by molar-refractivity contribution is -0.119. The van der Waals surface area contributed by atoms with Crippen LogP contribution < -0.4 is 4.90 Å². The minimum absolute atomic E-state index is 0.288. The molecular weight excluding hydrogens is 222 g/mol. The normalized spacial score (nSPS) is 16.5. The van der Waals surface area contributed by atoms with Gasteiger partial charge in [0.25, 0.3) is 0 Å². The summed E-state index contributed by atoms with van der Waals surface area (Å²) in [5, 5.41) is 0. The quantitative estimate of drug-likeness (QED) is 0.785. The van der Waals surface area contributed by atoms with Gasteiger partial charge in [0.15, 0.2) is 0 Å². The number of amides is 1. The summed E-state index contributed by atoms with van der Waals surface area (Å²) in [4.78, 5) is 14.3. The SMILES string of the molecule is CCN(C(=O)CC1CCCCC1)c1ccccc1. The van der Waals surface area contributed by atoms with Crippen LogP contribution in [0, 0.1) is 5.92 Å². The van der Waals surface area contributed by atoms with Crippen LogP contribution in [0.1, 0.15) is 45.4 Å². The monoisotopic (exact) mass is 245 g/mol. The summed E-state index contributed by atoms with van der Waals surface area (Å²) >= 11 is 0. The highest BCUT2D eigenvalue weighted by Gasteiger charge is 2.20. The molecule has 1 saturated carbocycles. The molecule has 0 aromatic heterocycles. The summed E-state index contributed by atoms with van der Waals surface area (Å²) in [5.41, 5.74) is 1.03. The second-order valence-corrected chi connectivity index (χ2v) is 5.18. The molecule has 0 aliphatic heterocycles. The molecule has 0 heterocycles. The first-order valence-electron chi connectivity index (χ1n) is 7.16. The molecular formula is C16H23NO. The largest absolute Gasteiger partial charge is 0.313 e. The Kier molecular flexibility index (Phi) is 4.80. The standard InChI is InChI=1S/C16H23NO/c1-2-17(15-11-7-4-8-12-15)16(18)13-14-9-5-3-6-10-14/h4,7-8,11-12,14H,2-3,5-6,9-10,13H2,1H3. The number of para-hydroxylation sites is 1. The Morgan fingerprint density at radius 3 is 2.44 bits per heavy atom. The molecule has 18 heavy (non-hydrogen) atoms. The van der Waals surface area contributed by atoms with E-state index in [9.17, 15) is 4.79 Å². The first-order valence-corrected chi connectivity index (χ1v) is 7.16. The summed E-state index contributed by atoms with van der Waals surface area (Å²) in [6.45, 7) is 2.81. The molecule has 0 radical (unpaired) electrons. The van der Waals surface area contributed by atoms with Crippen LogP contribution >= 0.6 is 0 Å². The Hall–Kier alpha value is -1.31. The van der Waals surface area contributed by atoms with Crippen LogP contribution in [0.4, 0.5) is 5.69 Å². The van der Waals surface area contributed by atoms with E-state index in [-0.39, 0.29) is 5.91 Å². The Morgan fingerprint density at radius 1 is 1.17 bits per heavy atom. The van der Waals surface area contributed by atoms with Crippen LogP contribution in [0.2, 0.25) is 0 Å². The Morgan fingerprint density at radius 2 is 1.83 bits per heavy atom. The van der Waals surface area contributed by atoms with Crippen molar-refractivity contribution in [2.45, 2.75) is 45.4 Å². The Bertz CT molecular complexity index is 368. The zero-order valence-corrected chi connectivity index (χ0v) is 11.3. The highest BCUT2D eigenvalue weighted by molar-refractivity contribution is 5.93. The Labute approximate surface area is 110 Å². The fourth-order valence-corrected chi connectivity index (χ4v) is 2.86. The molecule has 2 nitrogen and oxygen atoms in total. The minimum Gasteiger partial charge on any atom is -0.313 e. The van der Waals surface area contributed by atoms with Gasteiger partial charge in [0.05, 0.1) is 0 Å². The lowest BCUT2D eigenvalue weighted by Crippen LogP contribution is -2.32. The molecule has 0 atom stereocenters. The van der Waals surface area contributed by atoms with Crippen molar-refractivity contribution in [2.75, 3.05) is 11.4 Å². The molecule has 2 heteroatoms. The van der Waals surface area contributed by atoms with Crippen molar-refractivity contribution in [1.82, 2.24) is 0 Å². The maximum atomic E-state index is 12.4. The summed E-state index contributed by atoms with van der Waals surface area (Å²) < 4.78 is 0. The average Bonchev–Trinajstić information content (AvgIpc) is 2.42. The highest BCUT2D eigenvalue weighted by Crippen LogP contribution is 2.27. The van der Waals surface area contributed by atoms with Gasteiger partial charge in [-0.2, -0.15) is 0 Å². The molecule has 1 aromatic rings. The number of hydrogen-bond donors (Lipinski definition) is 0. The van der Waals surface area contributed by atoms with Crippen molar-refractivity contribution in [1.29, 1.82) is 0 Å². The van der Waals surface area contributed by atoms with Crippen LogP contribution in [-0.2, 0) is 4.79 Å². The van der Waals surface area contributed by atoms with E-state index in [1.807, 2.05) is 42.2 Å². The van der Waals surface area contributed by atoms with Gasteiger partial charge in [-0.1, -0.05) is 37.5 Å². The lowest BCUT2D eigenvalue weighted by Gasteiger charge is -2.26. The van der Waals surface area contributed by atoms with Gasteiger partial charge in [-0.25, -0.2) is 0 Å². The van der Waals surface area contributed by atoms with Gasteiger partial charge in [-0.15, -0.1) is 0 Å². The minimum atomic E-state index is 0.288. The van der Waals surface area contributed by atoms with Crippen LogP contribution in [0.15, 0.2) is 30.3 Å². The molecule has 0 unspecified atom stereocenters. The number of anilines is 1. The zero-order chi connectivity index (χ0) is 12.8. The van der Waals surface area contributed by atoms with Crippen LogP contribution in [0.5, 0.6) is 0 Å². The van der Waals surface area contributed by atoms with Crippen molar-refractivity contribution in [3.63, 3.8) is 0 Å². The van der Waals surface area contributed by atoms with Gasteiger partial charge in [0.1, 0.15) is 0 Å². The number of hydrogen-bond acceptors (Lipinski definition) is 1. The molecule has 1 aliphatic rings. The second-order valence-electron chi connectivity index (χ2n) is 5.18. The topological polar surface area (TPSA) is 20.3 Å². The fraction of sp³-hybridized carbons (Fsp3) is 0.562. The van der Waals surface area contributed by atoms with Gasteiger partial charge in [0.2, 0.25) is 5.91 Å². The van der Waals surface area contributed by atoms with E-state index >= 15 is 0 Å². The Balaban J connectivity index is 1.97. The lowest BCUT2D eigenvalue weighted by atomic mass is 9.86. The smallest absolute Gasteiger partial charge is 0.227 e. The van der Waals surface area contributed by atoms with E-state index in [2.05, 4.69) is 0 Å². The molecule has 1 amide bonds. The number of rotatable bonds is 4. The van der Waals surface area contributed by atoms with Crippen molar-refractivity contribution >= 4 is 11.6 Å². The molecule has 1 aliphatic carbocycles. The van der Waals surface area contributed by atoms with Gasteiger partial charge in [-0.05, 0) is 37.8 Å². The molecule has 0 spiro atoms. The molecule has 0 N–H and O–H groups in total. The molecule has 98 valence electrons. The summed E-state index contributed by atoms with van der Waals surface area (Å²) in [7, 11) is 0.